The normalized spacial score (nSPS) is 10.8. The molecule has 0 atom stereocenters. The van der Waals surface area contributed by atoms with Gasteiger partial charge in [-0.2, -0.15) is 0 Å². The maximum absolute atomic E-state index is 6.09. The molecular formula is C15H23Cl2NO2. The molecule has 5 heteroatoms. The van der Waals surface area contributed by atoms with Crippen molar-refractivity contribution < 1.29 is 9.47 Å². The highest BCUT2D eigenvalue weighted by Gasteiger charge is 2.09. The summed E-state index contributed by atoms with van der Waals surface area (Å²) < 4.78 is 10.8. The van der Waals surface area contributed by atoms with Crippen LogP contribution in [-0.2, 0) is 11.3 Å². The fourth-order valence-corrected chi connectivity index (χ4v) is 2.46. The Labute approximate surface area is 131 Å². The van der Waals surface area contributed by atoms with Crippen LogP contribution in [-0.4, -0.2) is 26.9 Å². The summed E-state index contributed by atoms with van der Waals surface area (Å²) in [5, 5.41) is 4.51. The minimum Gasteiger partial charge on any atom is -0.495 e. The van der Waals surface area contributed by atoms with Gasteiger partial charge in [0.15, 0.2) is 0 Å². The molecule has 0 aliphatic carbocycles. The third-order valence-corrected chi connectivity index (χ3v) is 3.39. The van der Waals surface area contributed by atoms with Crippen molar-refractivity contribution in [3.05, 3.63) is 27.7 Å². The van der Waals surface area contributed by atoms with E-state index < -0.39 is 0 Å². The number of unbranched alkanes of at least 4 members (excludes halogenated alkanes) is 1. The van der Waals surface area contributed by atoms with Crippen LogP contribution in [0.5, 0.6) is 5.75 Å². The fraction of sp³-hybridized carbons (Fsp3) is 0.600. The van der Waals surface area contributed by atoms with Crippen molar-refractivity contribution in [3.63, 3.8) is 0 Å². The highest BCUT2D eigenvalue weighted by Crippen LogP contribution is 2.31. The third-order valence-electron chi connectivity index (χ3n) is 2.89. The molecule has 1 aromatic carbocycles. The summed E-state index contributed by atoms with van der Waals surface area (Å²) in [5.41, 5.74) is 0.969. The van der Waals surface area contributed by atoms with Crippen LogP contribution in [0.3, 0.4) is 0 Å². The molecule has 20 heavy (non-hydrogen) atoms. The van der Waals surface area contributed by atoms with Crippen molar-refractivity contribution >= 4 is 23.2 Å². The molecule has 0 radical (unpaired) electrons. The lowest BCUT2D eigenvalue weighted by atomic mass is 10.2. The van der Waals surface area contributed by atoms with Gasteiger partial charge in [-0.25, -0.2) is 0 Å². The van der Waals surface area contributed by atoms with Crippen LogP contribution >= 0.6 is 23.2 Å². The van der Waals surface area contributed by atoms with Gasteiger partial charge in [-0.3, -0.25) is 0 Å². The number of hydrogen-bond donors (Lipinski definition) is 1. The molecule has 0 bridgehead atoms. The van der Waals surface area contributed by atoms with Crippen molar-refractivity contribution in [1.82, 2.24) is 5.32 Å². The second kappa shape index (κ2) is 10.3. The van der Waals surface area contributed by atoms with Crippen LogP contribution in [0.15, 0.2) is 12.1 Å². The number of methoxy groups -OCH3 is 1. The van der Waals surface area contributed by atoms with E-state index in [0.29, 0.717) is 22.3 Å². The third kappa shape index (κ3) is 6.31. The van der Waals surface area contributed by atoms with Gasteiger partial charge in [0.25, 0.3) is 0 Å². The lowest BCUT2D eigenvalue weighted by Crippen LogP contribution is -2.17. The number of halogens is 2. The first-order chi connectivity index (χ1) is 9.69. The van der Waals surface area contributed by atoms with Gasteiger partial charge >= 0.3 is 0 Å². The van der Waals surface area contributed by atoms with Gasteiger partial charge in [-0.05, 0) is 31.5 Å². The average Bonchev–Trinajstić information content (AvgIpc) is 2.41. The van der Waals surface area contributed by atoms with E-state index in [9.17, 15) is 0 Å². The number of nitrogens with one attached hydrogen (secondary N) is 1. The lowest BCUT2D eigenvalue weighted by Gasteiger charge is -2.12. The van der Waals surface area contributed by atoms with E-state index in [1.807, 2.05) is 6.07 Å². The molecule has 0 saturated carbocycles. The summed E-state index contributed by atoms with van der Waals surface area (Å²) in [6.07, 6.45) is 3.29. The monoisotopic (exact) mass is 319 g/mol. The van der Waals surface area contributed by atoms with E-state index >= 15 is 0 Å². The highest BCUT2D eigenvalue weighted by molar-refractivity contribution is 6.35. The maximum Gasteiger partial charge on any atom is 0.142 e. The Bertz CT molecular complexity index is 400. The molecule has 0 fully saturated rings. The smallest absolute Gasteiger partial charge is 0.142 e. The zero-order chi connectivity index (χ0) is 14.8. The lowest BCUT2D eigenvalue weighted by molar-refractivity contribution is 0.128. The molecule has 0 aliphatic rings. The van der Waals surface area contributed by atoms with Crippen molar-refractivity contribution in [3.8, 4) is 5.75 Å². The van der Waals surface area contributed by atoms with Crippen molar-refractivity contribution in [2.75, 3.05) is 26.9 Å². The largest absolute Gasteiger partial charge is 0.495 e. The van der Waals surface area contributed by atoms with E-state index in [4.69, 9.17) is 32.7 Å². The quantitative estimate of drug-likeness (QED) is 0.652. The standard InChI is InChI=1S/C15H23Cl2NO2/c1-3-4-7-20-8-5-6-18-11-12-9-13(16)10-14(17)15(12)19-2/h9-10,18H,3-8,11H2,1-2H3. The van der Waals surface area contributed by atoms with Crippen LogP contribution in [0, 0.1) is 0 Å². The predicted molar refractivity (Wildman–Crippen MR) is 85.1 cm³/mol. The summed E-state index contributed by atoms with van der Waals surface area (Å²) in [6, 6.07) is 3.56. The first-order valence-electron chi connectivity index (χ1n) is 6.99. The number of rotatable bonds is 10. The summed E-state index contributed by atoms with van der Waals surface area (Å²) >= 11 is 12.1. The molecule has 0 heterocycles. The van der Waals surface area contributed by atoms with Crippen molar-refractivity contribution in [2.45, 2.75) is 32.7 Å². The van der Waals surface area contributed by atoms with Crippen LogP contribution in [0.4, 0.5) is 0 Å². The second-order valence-corrected chi connectivity index (χ2v) is 5.42. The van der Waals surface area contributed by atoms with Gasteiger partial charge < -0.3 is 14.8 Å². The summed E-state index contributed by atoms with van der Waals surface area (Å²) in [4.78, 5) is 0. The van der Waals surface area contributed by atoms with Crippen LogP contribution < -0.4 is 10.1 Å². The van der Waals surface area contributed by atoms with E-state index in [0.717, 1.165) is 38.2 Å². The molecule has 0 amide bonds. The van der Waals surface area contributed by atoms with E-state index in [1.165, 1.54) is 6.42 Å². The predicted octanol–water partition coefficient (Wildman–Crippen LogP) is 4.30. The fourth-order valence-electron chi connectivity index (χ4n) is 1.84. The molecule has 0 unspecified atom stereocenters. The Morgan fingerprint density at radius 3 is 2.60 bits per heavy atom. The number of ether oxygens (including phenoxy) is 2. The van der Waals surface area contributed by atoms with Gasteiger partial charge in [-0.1, -0.05) is 36.5 Å². The highest BCUT2D eigenvalue weighted by atomic mass is 35.5. The molecule has 0 aromatic heterocycles. The van der Waals surface area contributed by atoms with Gasteiger partial charge in [0.05, 0.1) is 12.1 Å². The molecule has 0 spiro atoms. The Morgan fingerprint density at radius 1 is 1.15 bits per heavy atom. The minimum absolute atomic E-state index is 0.541. The van der Waals surface area contributed by atoms with Crippen molar-refractivity contribution in [1.29, 1.82) is 0 Å². The van der Waals surface area contributed by atoms with E-state index in [1.54, 1.807) is 13.2 Å². The SMILES string of the molecule is CCCCOCCCNCc1cc(Cl)cc(Cl)c1OC. The Balaban J connectivity index is 2.28. The zero-order valence-electron chi connectivity index (χ0n) is 12.2. The summed E-state index contributed by atoms with van der Waals surface area (Å²) in [7, 11) is 1.61. The average molecular weight is 320 g/mol. The molecule has 3 nitrogen and oxygen atoms in total. The topological polar surface area (TPSA) is 30.5 Å². The zero-order valence-corrected chi connectivity index (χ0v) is 13.7. The van der Waals surface area contributed by atoms with Crippen LogP contribution in [0.2, 0.25) is 10.0 Å². The molecule has 1 aromatic rings. The summed E-state index contributed by atoms with van der Waals surface area (Å²) in [6.45, 7) is 5.38. The molecule has 114 valence electrons. The summed E-state index contributed by atoms with van der Waals surface area (Å²) in [5.74, 6) is 0.683. The van der Waals surface area contributed by atoms with Crippen molar-refractivity contribution in [2.24, 2.45) is 0 Å². The molecule has 0 saturated heterocycles. The van der Waals surface area contributed by atoms with Gasteiger partial charge in [0.2, 0.25) is 0 Å². The Kier molecular flexibility index (Phi) is 9.03. The van der Waals surface area contributed by atoms with E-state index in [-0.39, 0.29) is 0 Å². The molecule has 1 N–H and O–H groups in total. The number of benzene rings is 1. The second-order valence-electron chi connectivity index (χ2n) is 4.58. The van der Waals surface area contributed by atoms with Gasteiger partial charge in [-0.15, -0.1) is 0 Å². The number of hydrogen-bond acceptors (Lipinski definition) is 3. The molecule has 1 rings (SSSR count). The maximum atomic E-state index is 6.09. The van der Waals surface area contributed by atoms with Crippen LogP contribution in [0.25, 0.3) is 0 Å². The molecular weight excluding hydrogens is 297 g/mol. The first-order valence-corrected chi connectivity index (χ1v) is 7.75. The Hall–Kier alpha value is -0.480. The molecule has 0 aliphatic heterocycles. The first kappa shape index (κ1) is 17.6. The van der Waals surface area contributed by atoms with Gasteiger partial charge in [0.1, 0.15) is 5.75 Å². The van der Waals surface area contributed by atoms with Crippen LogP contribution in [0.1, 0.15) is 31.7 Å². The van der Waals surface area contributed by atoms with E-state index in [2.05, 4.69) is 12.2 Å². The van der Waals surface area contributed by atoms with Gasteiger partial charge in [0, 0.05) is 30.3 Å². The minimum atomic E-state index is 0.541. The Morgan fingerprint density at radius 2 is 1.90 bits per heavy atom.